The molecule has 6 nitrogen and oxygen atoms in total. The Morgan fingerprint density at radius 1 is 1.00 bits per heavy atom. The largest absolute Gasteiger partial charge is 0.467 e. The number of alkyl carbamates (subject to hydrolysis) is 1. The monoisotopic (exact) mass is 343 g/mol. The molecule has 0 aliphatic rings. The molecule has 2 aromatic rings. The van der Waals surface area contributed by atoms with E-state index in [4.69, 9.17) is 4.74 Å². The van der Waals surface area contributed by atoms with Crippen molar-refractivity contribution >= 4 is 12.1 Å². The molecule has 0 aromatic heterocycles. The number of nitrogens with one attached hydrogen (secondary N) is 1. The van der Waals surface area contributed by atoms with E-state index in [-0.39, 0.29) is 13.0 Å². The van der Waals surface area contributed by atoms with Crippen LogP contribution in [0.25, 0.3) is 0 Å². The molecule has 0 saturated heterocycles. The molecule has 25 heavy (non-hydrogen) atoms. The number of carbonyl (C=O) groups excluding carboxylic acids is 2. The van der Waals surface area contributed by atoms with Gasteiger partial charge in [0.05, 0.1) is 13.2 Å². The SMILES string of the molecule is COC(=O)C(O)C(Cc1ccccc1)NC(=O)OCc1ccccc1. The molecule has 0 aliphatic carbocycles. The summed E-state index contributed by atoms with van der Waals surface area (Å²) >= 11 is 0. The van der Waals surface area contributed by atoms with Crippen LogP contribution in [0.3, 0.4) is 0 Å². The van der Waals surface area contributed by atoms with Gasteiger partial charge in [-0.05, 0) is 17.5 Å². The lowest BCUT2D eigenvalue weighted by molar-refractivity contribution is -0.151. The Morgan fingerprint density at radius 3 is 2.12 bits per heavy atom. The molecule has 2 aromatic carbocycles. The molecule has 6 heteroatoms. The maximum absolute atomic E-state index is 12.0. The van der Waals surface area contributed by atoms with Crippen LogP contribution in [0.15, 0.2) is 60.7 Å². The average Bonchev–Trinajstić information content (AvgIpc) is 2.66. The van der Waals surface area contributed by atoms with Crippen molar-refractivity contribution in [2.45, 2.75) is 25.2 Å². The summed E-state index contributed by atoms with van der Waals surface area (Å²) < 4.78 is 9.71. The van der Waals surface area contributed by atoms with Crippen LogP contribution in [0.4, 0.5) is 4.79 Å². The fraction of sp³-hybridized carbons (Fsp3) is 0.263. The quantitative estimate of drug-likeness (QED) is 0.752. The van der Waals surface area contributed by atoms with E-state index in [0.29, 0.717) is 0 Å². The van der Waals surface area contributed by atoms with E-state index >= 15 is 0 Å². The highest BCUT2D eigenvalue weighted by Gasteiger charge is 2.29. The number of hydrogen-bond acceptors (Lipinski definition) is 5. The van der Waals surface area contributed by atoms with Crippen molar-refractivity contribution in [2.24, 2.45) is 0 Å². The first-order valence-electron chi connectivity index (χ1n) is 7.87. The average molecular weight is 343 g/mol. The number of ether oxygens (including phenoxy) is 2. The highest BCUT2D eigenvalue weighted by molar-refractivity contribution is 5.77. The van der Waals surface area contributed by atoms with Gasteiger partial charge < -0.3 is 19.9 Å². The van der Waals surface area contributed by atoms with E-state index in [0.717, 1.165) is 11.1 Å². The third-order valence-corrected chi connectivity index (χ3v) is 3.64. The highest BCUT2D eigenvalue weighted by Crippen LogP contribution is 2.09. The minimum atomic E-state index is -1.49. The summed E-state index contributed by atoms with van der Waals surface area (Å²) in [6.45, 7) is 0.0963. The number of benzene rings is 2. The Hall–Kier alpha value is -2.86. The van der Waals surface area contributed by atoms with Gasteiger partial charge in [0, 0.05) is 0 Å². The molecule has 0 spiro atoms. The van der Waals surface area contributed by atoms with E-state index in [1.54, 1.807) is 0 Å². The summed E-state index contributed by atoms with van der Waals surface area (Å²) in [5.41, 5.74) is 1.70. The summed E-state index contributed by atoms with van der Waals surface area (Å²) in [4.78, 5) is 23.7. The molecule has 0 aliphatic heterocycles. The number of aliphatic hydroxyl groups excluding tert-OH is 1. The molecule has 0 radical (unpaired) electrons. The zero-order valence-electron chi connectivity index (χ0n) is 13.9. The second kappa shape index (κ2) is 9.44. The van der Waals surface area contributed by atoms with Crippen LogP contribution in [0.5, 0.6) is 0 Å². The van der Waals surface area contributed by atoms with Gasteiger partial charge in [0.25, 0.3) is 0 Å². The number of esters is 1. The molecule has 0 heterocycles. The molecular formula is C19H21NO5. The first kappa shape index (κ1) is 18.5. The first-order chi connectivity index (χ1) is 12.1. The van der Waals surface area contributed by atoms with Crippen molar-refractivity contribution in [3.8, 4) is 0 Å². The van der Waals surface area contributed by atoms with Gasteiger partial charge in [0.15, 0.2) is 6.10 Å². The van der Waals surface area contributed by atoms with E-state index in [1.807, 2.05) is 60.7 Å². The Balaban J connectivity index is 1.99. The molecule has 0 saturated carbocycles. The van der Waals surface area contributed by atoms with Crippen LogP contribution in [-0.2, 0) is 27.3 Å². The summed E-state index contributed by atoms with van der Waals surface area (Å²) in [5.74, 6) is -0.815. The second-order valence-corrected chi connectivity index (χ2v) is 5.47. The van der Waals surface area contributed by atoms with Gasteiger partial charge in [-0.25, -0.2) is 9.59 Å². The van der Waals surface area contributed by atoms with Crippen LogP contribution in [0.2, 0.25) is 0 Å². The van der Waals surface area contributed by atoms with Crippen molar-refractivity contribution in [1.29, 1.82) is 0 Å². The van der Waals surface area contributed by atoms with E-state index in [1.165, 1.54) is 7.11 Å². The maximum atomic E-state index is 12.0. The fourth-order valence-corrected chi connectivity index (χ4v) is 2.31. The summed E-state index contributed by atoms with van der Waals surface area (Å²) in [5, 5.41) is 12.7. The van der Waals surface area contributed by atoms with Crippen LogP contribution < -0.4 is 5.32 Å². The Bertz CT molecular complexity index is 675. The van der Waals surface area contributed by atoms with Crippen molar-refractivity contribution in [2.75, 3.05) is 7.11 Å². The maximum Gasteiger partial charge on any atom is 0.407 e. The second-order valence-electron chi connectivity index (χ2n) is 5.47. The predicted molar refractivity (Wildman–Crippen MR) is 91.7 cm³/mol. The molecule has 1 amide bonds. The molecular weight excluding hydrogens is 322 g/mol. The lowest BCUT2D eigenvalue weighted by Gasteiger charge is -2.22. The summed E-state index contributed by atoms with van der Waals surface area (Å²) in [7, 11) is 1.18. The summed E-state index contributed by atoms with van der Waals surface area (Å²) in [6, 6.07) is 17.6. The van der Waals surface area contributed by atoms with E-state index in [9.17, 15) is 14.7 Å². The molecule has 2 rings (SSSR count). The Morgan fingerprint density at radius 2 is 1.56 bits per heavy atom. The number of methoxy groups -OCH3 is 1. The van der Waals surface area contributed by atoms with Gasteiger partial charge in [-0.3, -0.25) is 0 Å². The molecule has 132 valence electrons. The van der Waals surface area contributed by atoms with Crippen molar-refractivity contribution in [1.82, 2.24) is 5.32 Å². The zero-order valence-corrected chi connectivity index (χ0v) is 13.9. The molecule has 2 N–H and O–H groups in total. The fourth-order valence-electron chi connectivity index (χ4n) is 2.31. The predicted octanol–water partition coefficient (Wildman–Crippen LogP) is 2.06. The van der Waals surface area contributed by atoms with Crippen LogP contribution >= 0.6 is 0 Å². The molecule has 0 fully saturated rings. The van der Waals surface area contributed by atoms with Gasteiger partial charge in [0.2, 0.25) is 0 Å². The molecule has 0 bridgehead atoms. The smallest absolute Gasteiger partial charge is 0.407 e. The minimum absolute atomic E-state index is 0.0963. The number of rotatable bonds is 7. The van der Waals surface area contributed by atoms with Crippen molar-refractivity contribution < 1.29 is 24.2 Å². The standard InChI is InChI=1S/C19H21NO5/c1-24-18(22)17(21)16(12-14-8-4-2-5-9-14)20-19(23)25-13-15-10-6-3-7-11-15/h2-11,16-17,21H,12-13H2,1H3,(H,20,23). The first-order valence-corrected chi connectivity index (χ1v) is 7.87. The number of amides is 1. The van der Waals surface area contributed by atoms with Gasteiger partial charge in [0.1, 0.15) is 6.61 Å². The topological polar surface area (TPSA) is 84.9 Å². The van der Waals surface area contributed by atoms with Crippen LogP contribution in [-0.4, -0.2) is 36.4 Å². The zero-order chi connectivity index (χ0) is 18.1. The van der Waals surface area contributed by atoms with Crippen LogP contribution in [0, 0.1) is 0 Å². The minimum Gasteiger partial charge on any atom is -0.467 e. The van der Waals surface area contributed by atoms with Crippen molar-refractivity contribution in [3.05, 3.63) is 71.8 Å². The van der Waals surface area contributed by atoms with Crippen LogP contribution in [0.1, 0.15) is 11.1 Å². The third kappa shape index (κ3) is 5.93. The molecule has 2 unspecified atom stereocenters. The molecule has 2 atom stereocenters. The lowest BCUT2D eigenvalue weighted by Crippen LogP contribution is -2.48. The summed E-state index contributed by atoms with van der Waals surface area (Å²) in [6.07, 6.45) is -1.94. The number of hydrogen-bond donors (Lipinski definition) is 2. The lowest BCUT2D eigenvalue weighted by atomic mass is 10.0. The number of carbonyl (C=O) groups is 2. The van der Waals surface area contributed by atoms with Gasteiger partial charge in [-0.2, -0.15) is 0 Å². The van der Waals surface area contributed by atoms with Gasteiger partial charge in [-0.1, -0.05) is 60.7 Å². The van der Waals surface area contributed by atoms with Gasteiger partial charge >= 0.3 is 12.1 Å². The third-order valence-electron chi connectivity index (χ3n) is 3.64. The Labute approximate surface area is 146 Å². The number of aliphatic hydroxyl groups is 1. The normalized spacial score (nSPS) is 12.7. The highest BCUT2D eigenvalue weighted by atomic mass is 16.6. The van der Waals surface area contributed by atoms with E-state index < -0.39 is 24.2 Å². The van der Waals surface area contributed by atoms with E-state index in [2.05, 4.69) is 10.1 Å². The van der Waals surface area contributed by atoms with Gasteiger partial charge in [-0.15, -0.1) is 0 Å². The van der Waals surface area contributed by atoms with Crippen molar-refractivity contribution in [3.63, 3.8) is 0 Å². The Kier molecular flexibility index (Phi) is 6.98.